The van der Waals surface area contributed by atoms with Gasteiger partial charge in [0.25, 0.3) is 40.5 Å². The zero-order chi connectivity index (χ0) is 57.7. The Morgan fingerprint density at radius 2 is 0.885 bits per heavy atom. The molecule has 0 bridgehead atoms. The number of nitrogens with one attached hydrogen (secondary N) is 2. The number of carbonyl (C=O) groups is 2. The van der Waals surface area contributed by atoms with Gasteiger partial charge in [-0.2, -0.15) is 33.7 Å². The lowest BCUT2D eigenvalue weighted by molar-refractivity contribution is -0.114. The molecule has 6 aromatic rings. The van der Waals surface area contributed by atoms with E-state index in [0.29, 0.717) is 23.3 Å². The molecule has 0 aliphatic heterocycles. The fraction of sp³-hybridized carbons (Fsp3) is 0.190. The van der Waals surface area contributed by atoms with E-state index in [-0.39, 0.29) is 47.8 Å². The van der Waals surface area contributed by atoms with Crippen LogP contribution in [0.3, 0.4) is 0 Å². The number of anilines is 2. The minimum absolute atomic E-state index is 0.0454. The second-order valence-corrected chi connectivity index (χ2v) is 23.8. The van der Waals surface area contributed by atoms with Crippen LogP contribution in [-0.2, 0) is 80.6 Å². The van der Waals surface area contributed by atoms with Crippen LogP contribution in [0.1, 0.15) is 0 Å². The van der Waals surface area contributed by atoms with Crippen molar-refractivity contribution in [1.29, 1.82) is 0 Å². The summed E-state index contributed by atoms with van der Waals surface area (Å²) in [5.74, 6) is -6.16. The Balaban J connectivity index is 1.35. The summed E-state index contributed by atoms with van der Waals surface area (Å²) in [6, 6.07) is 13.2. The molecule has 0 fully saturated rings. The molecule has 0 heterocycles. The maximum Gasteiger partial charge on any atom is 0.297 e. The van der Waals surface area contributed by atoms with Crippen LogP contribution in [0, 0.1) is 0 Å². The van der Waals surface area contributed by atoms with Crippen molar-refractivity contribution < 1.29 is 97.9 Å². The Morgan fingerprint density at radius 1 is 0.526 bits per heavy atom. The number of phenols is 2. The smallest absolute Gasteiger partial charge is 0.297 e. The van der Waals surface area contributed by atoms with E-state index in [0.717, 1.165) is 24.3 Å². The number of rotatable bonds is 23. The number of ether oxygens (including phenoxy) is 2. The van der Waals surface area contributed by atoms with Gasteiger partial charge in [-0.05, 0) is 71.8 Å². The van der Waals surface area contributed by atoms with Crippen LogP contribution in [0.25, 0.3) is 32.7 Å². The number of halogens is 2. The first-order valence-electron chi connectivity index (χ1n) is 21.0. The highest BCUT2D eigenvalue weighted by molar-refractivity contribution is 7.87. The van der Waals surface area contributed by atoms with Gasteiger partial charge in [0.05, 0.1) is 38.8 Å². The molecule has 2 amide bonds. The van der Waals surface area contributed by atoms with E-state index in [1.807, 2.05) is 0 Å². The fourth-order valence-corrected chi connectivity index (χ4v) is 11.7. The first-order chi connectivity index (χ1) is 36.5. The number of hydrogen-bond donors (Lipinski definition) is 8. The van der Waals surface area contributed by atoms with Crippen molar-refractivity contribution in [3.05, 3.63) is 72.8 Å². The standard InChI is InChI=1S/C42H38Cl2N6O22S6/c1-69-31-15-21(3-7-27(31)47-49-37-33(75(57,58)59)17-25-23(39(37)53)5-9-29(41(25)77(63,64)65)45-35(51)19-73(55)71-13-11-43)22-4-8-28(32(16-22)70-2)48-50-38-34(76(60,61)62)18-26-24(40(38)54)6-10-30(42(26)78(66,67)68)46-36(52)20-74(56)72-14-12-44/h3-10,15-18,53-54H,11-14,19-20H2,1-2H3,(H,45,51)(H,46,52)(H,57,58,59)(H,60,61,62)(H,63,64,65)(H,66,67,68). The van der Waals surface area contributed by atoms with Crippen molar-refractivity contribution in [2.75, 3.05) is 61.3 Å². The van der Waals surface area contributed by atoms with Crippen LogP contribution in [0.2, 0.25) is 0 Å². The molecule has 0 saturated heterocycles. The predicted octanol–water partition coefficient (Wildman–Crippen LogP) is 6.62. The number of benzene rings is 6. The molecule has 6 aromatic carbocycles. The molecule has 418 valence electrons. The van der Waals surface area contributed by atoms with Gasteiger partial charge >= 0.3 is 0 Å². The molecule has 0 saturated carbocycles. The number of azo groups is 2. The first-order valence-corrected chi connectivity index (χ1v) is 30.3. The van der Waals surface area contributed by atoms with Gasteiger partial charge in [0.1, 0.15) is 65.3 Å². The lowest BCUT2D eigenvalue weighted by atomic mass is 10.0. The molecule has 8 N–H and O–H groups in total. The van der Waals surface area contributed by atoms with E-state index in [1.54, 1.807) is 0 Å². The van der Waals surface area contributed by atoms with Crippen LogP contribution < -0.4 is 20.1 Å². The SMILES string of the molecule is COc1cc(-c2ccc(N=Nc3c(S(=O)(=O)O)cc4c(S(=O)(=O)O)c(NC(=O)CS(=O)OCCCl)ccc4c3O)c(OC)c2)ccc1N=Nc1c(S(=O)(=O)O)cc2c(S(=O)(=O)O)c(NC(=O)CS(=O)OCCCl)ccc2c1O. The number of nitrogens with zero attached hydrogens (tertiary/aromatic N) is 4. The van der Waals surface area contributed by atoms with Gasteiger partial charge in [-0.15, -0.1) is 43.7 Å². The molecule has 0 radical (unpaired) electrons. The van der Waals surface area contributed by atoms with Crippen molar-refractivity contribution in [3.63, 3.8) is 0 Å². The molecule has 0 aromatic heterocycles. The summed E-state index contributed by atoms with van der Waals surface area (Å²) in [4.78, 5) is 20.5. The van der Waals surface area contributed by atoms with Crippen LogP contribution >= 0.6 is 23.2 Å². The van der Waals surface area contributed by atoms with Crippen molar-refractivity contribution >= 4 is 153 Å². The highest BCUT2D eigenvalue weighted by atomic mass is 35.5. The molecule has 28 nitrogen and oxygen atoms in total. The summed E-state index contributed by atoms with van der Waals surface area (Å²) in [6.45, 7) is -0.391. The number of amides is 2. The Kier molecular flexibility index (Phi) is 19.3. The van der Waals surface area contributed by atoms with Crippen molar-refractivity contribution in [1.82, 2.24) is 0 Å². The number of phenolic OH excluding ortho intramolecular Hbond substituents is 2. The average molecular weight is 1240 g/mol. The van der Waals surface area contributed by atoms with Crippen molar-refractivity contribution in [2.45, 2.75) is 19.6 Å². The summed E-state index contributed by atoms with van der Waals surface area (Å²) in [7, 11) is -19.1. The average Bonchev–Trinajstić information content (AvgIpc) is 3.50. The molecular weight excluding hydrogens is 1200 g/mol. The lowest BCUT2D eigenvalue weighted by Gasteiger charge is -2.15. The molecule has 78 heavy (non-hydrogen) atoms. The molecule has 36 heteroatoms. The summed E-state index contributed by atoms with van der Waals surface area (Å²) in [5.41, 5.74) is -2.65. The van der Waals surface area contributed by atoms with Crippen LogP contribution in [0.15, 0.2) is 113 Å². The van der Waals surface area contributed by atoms with Gasteiger partial charge < -0.3 is 30.3 Å². The van der Waals surface area contributed by atoms with Crippen molar-refractivity contribution in [2.24, 2.45) is 20.5 Å². The second kappa shape index (κ2) is 24.7. The molecule has 0 aliphatic carbocycles. The monoisotopic (exact) mass is 1240 g/mol. The number of fused-ring (bicyclic) bond motifs is 2. The maximum atomic E-state index is 12.7. The second-order valence-electron chi connectivity index (χ2n) is 15.3. The molecular formula is C42H38Cl2N6O22S6. The highest BCUT2D eigenvalue weighted by Crippen LogP contribution is 2.48. The summed E-state index contributed by atoms with van der Waals surface area (Å²) in [5, 5.41) is 40.1. The van der Waals surface area contributed by atoms with Gasteiger partial charge in [0.15, 0.2) is 33.7 Å². The lowest BCUT2D eigenvalue weighted by Crippen LogP contribution is -2.22. The Labute approximate surface area is 456 Å². The molecule has 0 spiro atoms. The normalized spacial score (nSPS) is 13.3. The van der Waals surface area contributed by atoms with Gasteiger partial charge in [-0.1, -0.05) is 12.1 Å². The van der Waals surface area contributed by atoms with E-state index >= 15 is 0 Å². The zero-order valence-corrected chi connectivity index (χ0v) is 45.8. The third-order valence-electron chi connectivity index (χ3n) is 10.3. The summed E-state index contributed by atoms with van der Waals surface area (Å²) in [6.07, 6.45) is 0. The number of hydrogen-bond acceptors (Lipinski definition) is 22. The predicted molar refractivity (Wildman–Crippen MR) is 280 cm³/mol. The quantitative estimate of drug-likeness (QED) is 0.0190. The summed E-state index contributed by atoms with van der Waals surface area (Å²) >= 11 is 6.52. The maximum absolute atomic E-state index is 12.7. The zero-order valence-electron chi connectivity index (χ0n) is 39.4. The Bertz CT molecular complexity index is 3740. The Hall–Kier alpha value is -6.38. The largest absolute Gasteiger partial charge is 0.505 e. The van der Waals surface area contributed by atoms with Gasteiger partial charge in [-0.25, -0.2) is 8.42 Å². The van der Waals surface area contributed by atoms with E-state index in [9.17, 15) is 80.1 Å². The number of methoxy groups -OCH3 is 2. The van der Waals surface area contributed by atoms with Gasteiger partial charge in [-0.3, -0.25) is 36.2 Å². The van der Waals surface area contributed by atoms with Crippen LogP contribution in [-0.4, -0.2) is 133 Å². The minimum Gasteiger partial charge on any atom is -0.505 e. The van der Waals surface area contributed by atoms with E-state index < -0.39 is 161 Å². The van der Waals surface area contributed by atoms with Gasteiger partial charge in [0, 0.05) is 33.3 Å². The number of alkyl halides is 2. The van der Waals surface area contributed by atoms with Crippen LogP contribution in [0.4, 0.5) is 34.1 Å². The Morgan fingerprint density at radius 3 is 1.19 bits per heavy atom. The minimum atomic E-state index is -5.41. The van der Waals surface area contributed by atoms with Crippen LogP contribution in [0.5, 0.6) is 23.0 Å². The van der Waals surface area contributed by atoms with Gasteiger partial charge in [0.2, 0.25) is 11.8 Å². The molecule has 0 aliphatic rings. The topological polar surface area (TPSA) is 437 Å². The van der Waals surface area contributed by atoms with Crippen molar-refractivity contribution in [3.8, 4) is 34.1 Å². The van der Waals surface area contributed by atoms with E-state index in [2.05, 4.69) is 31.1 Å². The third kappa shape index (κ3) is 14.3. The molecule has 2 unspecified atom stereocenters. The molecule has 2 atom stereocenters. The highest BCUT2D eigenvalue weighted by Gasteiger charge is 2.31. The number of carbonyl (C=O) groups excluding carboxylic acids is 2. The van der Waals surface area contributed by atoms with E-state index in [1.165, 1.54) is 50.6 Å². The van der Waals surface area contributed by atoms with E-state index in [4.69, 9.17) is 41.0 Å². The number of aromatic hydroxyl groups is 2. The summed E-state index contributed by atoms with van der Waals surface area (Å²) < 4.78 is 187. The fourth-order valence-electron chi connectivity index (χ4n) is 7.13. The molecule has 6 rings (SSSR count). The third-order valence-corrected chi connectivity index (χ3v) is 16.1. The first kappa shape index (κ1) is 60.8.